The van der Waals surface area contributed by atoms with Crippen LogP contribution < -0.4 is 0 Å². The van der Waals surface area contributed by atoms with Crippen molar-refractivity contribution in [1.82, 2.24) is 0 Å². The minimum atomic E-state index is -0.351. The molecule has 1 aromatic rings. The standard InChI is InChI=1S/C8H5N2O2/c9-10-6-2-1-5-4-12-8(11)7(5)3-6/h1-3H,4H2/q+1. The van der Waals surface area contributed by atoms with Gasteiger partial charge in [0.1, 0.15) is 6.61 Å². The molecule has 0 spiro atoms. The average molecular weight is 161 g/mol. The van der Waals surface area contributed by atoms with Crippen LogP contribution in [0.5, 0.6) is 0 Å². The fourth-order valence-electron chi connectivity index (χ4n) is 1.16. The molecule has 0 amide bonds. The number of esters is 1. The van der Waals surface area contributed by atoms with Gasteiger partial charge >= 0.3 is 11.7 Å². The van der Waals surface area contributed by atoms with Crippen LogP contribution in [0.4, 0.5) is 5.69 Å². The van der Waals surface area contributed by atoms with Crippen molar-refractivity contribution in [2.75, 3.05) is 0 Å². The van der Waals surface area contributed by atoms with Crippen LogP contribution in [0.25, 0.3) is 4.98 Å². The molecule has 1 aliphatic rings. The fraction of sp³-hybridized carbons (Fsp3) is 0.125. The van der Waals surface area contributed by atoms with Crippen LogP contribution in [0, 0.1) is 5.39 Å². The van der Waals surface area contributed by atoms with Crippen LogP contribution in [0.3, 0.4) is 0 Å². The molecule has 1 aromatic carbocycles. The zero-order valence-corrected chi connectivity index (χ0v) is 6.15. The molecule has 0 aromatic heterocycles. The number of carbonyl (C=O) groups excluding carboxylic acids is 1. The number of nitrogens with zero attached hydrogens (tertiary/aromatic N) is 2. The molecule has 1 heterocycles. The number of ether oxygens (including phenoxy) is 1. The van der Waals surface area contributed by atoms with Crippen molar-refractivity contribution in [2.24, 2.45) is 0 Å². The predicted octanol–water partition coefficient (Wildman–Crippen LogP) is 1.84. The first kappa shape index (κ1) is 6.80. The molecule has 58 valence electrons. The molecule has 0 unspecified atom stereocenters. The molecule has 4 heteroatoms. The van der Waals surface area contributed by atoms with Crippen LogP contribution in [0.1, 0.15) is 15.9 Å². The Kier molecular flexibility index (Phi) is 1.31. The molecular weight excluding hydrogens is 156 g/mol. The van der Waals surface area contributed by atoms with Gasteiger partial charge in [-0.15, -0.1) is 0 Å². The highest BCUT2D eigenvalue weighted by molar-refractivity contribution is 5.94. The second kappa shape index (κ2) is 2.31. The topological polar surface area (TPSA) is 54.5 Å². The molecule has 1 aliphatic heterocycles. The van der Waals surface area contributed by atoms with E-state index in [-0.39, 0.29) is 5.97 Å². The third kappa shape index (κ3) is 0.839. The van der Waals surface area contributed by atoms with E-state index in [0.29, 0.717) is 17.9 Å². The number of diazo groups is 1. The zero-order valence-electron chi connectivity index (χ0n) is 6.15. The highest BCUT2D eigenvalue weighted by Gasteiger charge is 2.23. The molecule has 0 bridgehead atoms. The van der Waals surface area contributed by atoms with Gasteiger partial charge in [-0.2, -0.15) is 0 Å². The number of benzene rings is 1. The van der Waals surface area contributed by atoms with Crippen molar-refractivity contribution in [2.45, 2.75) is 6.61 Å². The van der Waals surface area contributed by atoms with Gasteiger partial charge in [0.05, 0.1) is 5.56 Å². The van der Waals surface area contributed by atoms with Crippen molar-refractivity contribution in [3.8, 4) is 0 Å². The molecule has 0 radical (unpaired) electrons. The van der Waals surface area contributed by atoms with E-state index in [9.17, 15) is 4.79 Å². The van der Waals surface area contributed by atoms with Crippen molar-refractivity contribution in [3.63, 3.8) is 0 Å². The van der Waals surface area contributed by atoms with Crippen LogP contribution in [0.2, 0.25) is 0 Å². The highest BCUT2D eigenvalue weighted by Crippen LogP contribution is 2.24. The summed E-state index contributed by atoms with van der Waals surface area (Å²) in [6.45, 7) is 0.319. The smallest absolute Gasteiger partial charge is 0.385 e. The van der Waals surface area contributed by atoms with Gasteiger partial charge in [-0.05, 0) is 6.07 Å². The summed E-state index contributed by atoms with van der Waals surface area (Å²) in [5.74, 6) is -0.351. The largest absolute Gasteiger partial charge is 0.457 e. The number of hydrogen-bond acceptors (Lipinski definition) is 3. The zero-order chi connectivity index (χ0) is 8.55. The van der Waals surface area contributed by atoms with Crippen LogP contribution in [-0.4, -0.2) is 5.97 Å². The second-order valence-electron chi connectivity index (χ2n) is 2.52. The lowest BCUT2D eigenvalue weighted by molar-refractivity contribution is 0.0535. The lowest BCUT2D eigenvalue weighted by Gasteiger charge is -1.86. The second-order valence-corrected chi connectivity index (χ2v) is 2.52. The maximum absolute atomic E-state index is 11.0. The van der Waals surface area contributed by atoms with Crippen LogP contribution >= 0.6 is 0 Å². The summed E-state index contributed by atoms with van der Waals surface area (Å²) in [6, 6.07) is 4.85. The normalized spacial score (nSPS) is 13.4. The monoisotopic (exact) mass is 161 g/mol. The number of hydrogen-bond donors (Lipinski definition) is 0. The summed E-state index contributed by atoms with van der Waals surface area (Å²) in [5, 5.41) is 8.43. The Morgan fingerprint density at radius 3 is 3.08 bits per heavy atom. The quantitative estimate of drug-likeness (QED) is 0.431. The van der Waals surface area contributed by atoms with Gasteiger partial charge in [0.25, 0.3) is 0 Å². The summed E-state index contributed by atoms with van der Waals surface area (Å²) in [5.41, 5.74) is 1.70. The van der Waals surface area contributed by atoms with Gasteiger partial charge in [-0.1, -0.05) is 0 Å². The summed E-state index contributed by atoms with van der Waals surface area (Å²) in [6.07, 6.45) is 0. The Morgan fingerprint density at radius 2 is 2.33 bits per heavy atom. The van der Waals surface area contributed by atoms with Gasteiger partial charge in [-0.3, -0.25) is 0 Å². The van der Waals surface area contributed by atoms with E-state index in [4.69, 9.17) is 10.1 Å². The average Bonchev–Trinajstić information content (AvgIpc) is 2.47. The molecule has 0 N–H and O–H groups in total. The Labute approximate surface area is 68.4 Å². The molecule has 0 saturated carbocycles. The fourth-order valence-corrected chi connectivity index (χ4v) is 1.16. The molecule has 0 aliphatic carbocycles. The van der Waals surface area contributed by atoms with Crippen LogP contribution in [-0.2, 0) is 11.3 Å². The van der Waals surface area contributed by atoms with Crippen molar-refractivity contribution < 1.29 is 9.53 Å². The third-order valence-electron chi connectivity index (χ3n) is 1.79. The number of fused-ring (bicyclic) bond motifs is 1. The van der Waals surface area contributed by atoms with Gasteiger partial charge in [0, 0.05) is 17.7 Å². The molecule has 12 heavy (non-hydrogen) atoms. The van der Waals surface area contributed by atoms with E-state index < -0.39 is 0 Å². The van der Waals surface area contributed by atoms with E-state index in [1.165, 1.54) is 6.07 Å². The SMILES string of the molecule is N#[N+]c1ccc2c(c1)C(=O)OC2. The van der Waals surface area contributed by atoms with Gasteiger partial charge in [-0.25, -0.2) is 4.79 Å². The third-order valence-corrected chi connectivity index (χ3v) is 1.79. The Hall–Kier alpha value is -1.89. The van der Waals surface area contributed by atoms with E-state index >= 15 is 0 Å². The molecule has 0 saturated heterocycles. The van der Waals surface area contributed by atoms with E-state index in [2.05, 4.69) is 4.98 Å². The summed E-state index contributed by atoms with van der Waals surface area (Å²) in [7, 11) is 0. The maximum atomic E-state index is 11.0. The van der Waals surface area contributed by atoms with E-state index in [1.54, 1.807) is 12.1 Å². The molecule has 0 atom stereocenters. The first-order valence-corrected chi connectivity index (χ1v) is 3.46. The Morgan fingerprint density at radius 1 is 1.50 bits per heavy atom. The molecule has 2 rings (SSSR count). The lowest BCUT2D eigenvalue weighted by Crippen LogP contribution is -1.92. The Bertz CT molecular complexity index is 393. The van der Waals surface area contributed by atoms with Crippen molar-refractivity contribution >= 4 is 11.7 Å². The Balaban J connectivity index is 2.59. The molecule has 4 nitrogen and oxygen atoms in total. The summed E-state index contributed by atoms with van der Waals surface area (Å²) >= 11 is 0. The molecule has 0 fully saturated rings. The minimum absolute atomic E-state index is 0.319. The highest BCUT2D eigenvalue weighted by atomic mass is 16.5. The van der Waals surface area contributed by atoms with Crippen molar-refractivity contribution in [1.29, 1.82) is 5.39 Å². The molecular formula is C8H5N2O2+. The minimum Gasteiger partial charge on any atom is -0.457 e. The predicted molar refractivity (Wildman–Crippen MR) is 40.3 cm³/mol. The first-order valence-electron chi connectivity index (χ1n) is 3.46. The summed E-state index contributed by atoms with van der Waals surface area (Å²) in [4.78, 5) is 14.0. The maximum Gasteiger partial charge on any atom is 0.385 e. The van der Waals surface area contributed by atoms with E-state index in [0.717, 1.165) is 5.56 Å². The number of carbonyl (C=O) groups is 1. The number of rotatable bonds is 0. The first-order chi connectivity index (χ1) is 5.81. The van der Waals surface area contributed by atoms with E-state index in [1.807, 2.05) is 0 Å². The van der Waals surface area contributed by atoms with Gasteiger partial charge < -0.3 is 4.74 Å². The van der Waals surface area contributed by atoms with Crippen LogP contribution in [0.15, 0.2) is 18.2 Å². The summed E-state index contributed by atoms with van der Waals surface area (Å²) < 4.78 is 4.76. The lowest BCUT2D eigenvalue weighted by atomic mass is 10.1. The van der Waals surface area contributed by atoms with Gasteiger partial charge in [0.2, 0.25) is 5.39 Å². The van der Waals surface area contributed by atoms with Crippen molar-refractivity contribution in [3.05, 3.63) is 34.3 Å². The number of cyclic esters (lactones) is 1. The van der Waals surface area contributed by atoms with Gasteiger partial charge in [0.15, 0.2) is 4.98 Å².